The van der Waals surface area contributed by atoms with E-state index >= 15 is 0 Å². The molecule has 2 heterocycles. The Kier molecular flexibility index (Phi) is 5.59. The Hall–Kier alpha value is -2.21. The molecule has 0 saturated carbocycles. The van der Waals surface area contributed by atoms with E-state index in [9.17, 15) is 9.18 Å². The van der Waals surface area contributed by atoms with Crippen molar-refractivity contribution < 1.29 is 13.6 Å². The molecule has 0 aliphatic carbocycles. The number of benzene rings is 1. The van der Waals surface area contributed by atoms with E-state index in [1.165, 1.54) is 18.7 Å². The van der Waals surface area contributed by atoms with E-state index in [1.807, 2.05) is 0 Å². The molecule has 1 amide bonds. The largest absolute Gasteiger partial charge is 0.441 e. The van der Waals surface area contributed by atoms with E-state index < -0.39 is 0 Å². The first-order valence-corrected chi connectivity index (χ1v) is 8.39. The van der Waals surface area contributed by atoms with E-state index in [0.717, 1.165) is 19.5 Å². The lowest BCUT2D eigenvalue weighted by Gasteiger charge is -2.08. The Morgan fingerprint density at radius 2 is 2.29 bits per heavy atom. The smallest absolute Gasteiger partial charge is 0.220 e. The van der Waals surface area contributed by atoms with Crippen LogP contribution in [0.3, 0.4) is 0 Å². The topological polar surface area (TPSA) is 67.2 Å². The lowest BCUT2D eigenvalue weighted by molar-refractivity contribution is -0.121. The number of carbonyl (C=O) groups excluding carboxylic acids is 1. The molecule has 1 aromatic carbocycles. The number of aromatic nitrogens is 1. The van der Waals surface area contributed by atoms with Gasteiger partial charge in [-0.25, -0.2) is 9.37 Å². The molecule has 1 saturated heterocycles. The number of nitrogens with one attached hydrogen (secondary N) is 2. The van der Waals surface area contributed by atoms with Crippen molar-refractivity contribution in [2.45, 2.75) is 25.7 Å². The van der Waals surface area contributed by atoms with E-state index in [4.69, 9.17) is 4.42 Å². The second kappa shape index (κ2) is 8.06. The highest BCUT2D eigenvalue weighted by Gasteiger charge is 2.15. The van der Waals surface area contributed by atoms with Crippen LogP contribution >= 0.6 is 0 Å². The van der Waals surface area contributed by atoms with Gasteiger partial charge < -0.3 is 15.1 Å². The predicted octanol–water partition coefficient (Wildman–Crippen LogP) is 2.53. The molecule has 1 aliphatic heterocycles. The number of nitrogens with zero attached hydrogens (tertiary/aromatic N) is 1. The van der Waals surface area contributed by atoms with Crippen LogP contribution in [0.4, 0.5) is 4.39 Å². The van der Waals surface area contributed by atoms with Gasteiger partial charge in [0.25, 0.3) is 0 Å². The number of halogens is 1. The summed E-state index contributed by atoms with van der Waals surface area (Å²) in [5.74, 6) is 1.15. The van der Waals surface area contributed by atoms with Crippen molar-refractivity contribution in [2.75, 3.05) is 19.6 Å². The van der Waals surface area contributed by atoms with E-state index in [1.54, 1.807) is 18.2 Å². The molecule has 2 aromatic rings. The van der Waals surface area contributed by atoms with Crippen molar-refractivity contribution in [1.82, 2.24) is 15.6 Å². The zero-order valence-corrected chi connectivity index (χ0v) is 13.6. The van der Waals surface area contributed by atoms with Crippen molar-refractivity contribution in [3.63, 3.8) is 0 Å². The number of amides is 1. The van der Waals surface area contributed by atoms with E-state index in [2.05, 4.69) is 15.6 Å². The van der Waals surface area contributed by atoms with Gasteiger partial charge in [-0.15, -0.1) is 0 Å². The highest BCUT2D eigenvalue weighted by atomic mass is 19.1. The molecule has 1 atom stereocenters. The number of hydrogen-bond acceptors (Lipinski definition) is 4. The lowest BCUT2D eigenvalue weighted by Crippen LogP contribution is -2.26. The van der Waals surface area contributed by atoms with Crippen LogP contribution in [0, 0.1) is 11.7 Å². The van der Waals surface area contributed by atoms with Crippen molar-refractivity contribution in [3.8, 4) is 11.3 Å². The van der Waals surface area contributed by atoms with Gasteiger partial charge in [-0.2, -0.15) is 0 Å². The minimum atomic E-state index is -0.348. The van der Waals surface area contributed by atoms with Crippen LogP contribution in [-0.2, 0) is 11.2 Å². The first-order chi connectivity index (χ1) is 11.7. The van der Waals surface area contributed by atoms with Crippen LogP contribution in [0.15, 0.2) is 34.9 Å². The summed E-state index contributed by atoms with van der Waals surface area (Å²) in [5, 5.41) is 6.25. The van der Waals surface area contributed by atoms with Gasteiger partial charge in [-0.3, -0.25) is 4.79 Å². The summed E-state index contributed by atoms with van der Waals surface area (Å²) < 4.78 is 19.3. The number of aryl methyl sites for hydroxylation is 1. The molecule has 0 bridgehead atoms. The lowest BCUT2D eigenvalue weighted by atomic mass is 10.1. The fraction of sp³-hybridized carbons (Fsp3) is 0.444. The summed E-state index contributed by atoms with van der Waals surface area (Å²) in [6.45, 7) is 2.83. The Balaban J connectivity index is 1.43. The fourth-order valence-corrected chi connectivity index (χ4v) is 2.90. The molecule has 1 fully saturated rings. The van der Waals surface area contributed by atoms with Gasteiger partial charge in [-0.1, -0.05) is 12.1 Å². The molecule has 1 aliphatic rings. The first-order valence-electron chi connectivity index (χ1n) is 8.39. The molecule has 3 rings (SSSR count). The zero-order chi connectivity index (χ0) is 16.8. The van der Waals surface area contributed by atoms with Crippen molar-refractivity contribution in [2.24, 2.45) is 5.92 Å². The van der Waals surface area contributed by atoms with Crippen LogP contribution in [0.25, 0.3) is 11.3 Å². The summed E-state index contributed by atoms with van der Waals surface area (Å²) in [7, 11) is 0. The second-order valence-electron chi connectivity index (χ2n) is 6.10. The Morgan fingerprint density at radius 1 is 1.42 bits per heavy atom. The van der Waals surface area contributed by atoms with Crippen molar-refractivity contribution in [1.29, 1.82) is 0 Å². The van der Waals surface area contributed by atoms with Crippen LogP contribution in [0.5, 0.6) is 0 Å². The third-order valence-electron chi connectivity index (χ3n) is 4.30. The third-order valence-corrected chi connectivity index (χ3v) is 4.30. The maximum atomic E-state index is 13.7. The number of carbonyl (C=O) groups is 1. The molecule has 5 nitrogen and oxygen atoms in total. The SMILES string of the molecule is O=C(CCc1ncc(-c2ccccc2F)o1)NCCC1CCNC1. The molecule has 0 spiro atoms. The standard InChI is InChI=1S/C18H22FN3O2/c19-15-4-2-1-3-14(15)16-12-22-18(24-16)6-5-17(23)21-10-8-13-7-9-20-11-13/h1-4,12-13,20H,5-11H2,(H,21,23). The maximum absolute atomic E-state index is 13.7. The number of oxazole rings is 1. The quantitative estimate of drug-likeness (QED) is 0.818. The van der Waals surface area contributed by atoms with Gasteiger partial charge in [0.05, 0.1) is 11.8 Å². The van der Waals surface area contributed by atoms with Crippen LogP contribution in [0.2, 0.25) is 0 Å². The minimum absolute atomic E-state index is 0.00778. The van der Waals surface area contributed by atoms with Crippen LogP contribution in [-0.4, -0.2) is 30.5 Å². The first kappa shape index (κ1) is 16.6. The molecular formula is C18H22FN3O2. The molecule has 1 aromatic heterocycles. The average molecular weight is 331 g/mol. The molecule has 2 N–H and O–H groups in total. The predicted molar refractivity (Wildman–Crippen MR) is 88.8 cm³/mol. The molecule has 0 radical (unpaired) electrons. The molecule has 128 valence electrons. The summed E-state index contributed by atoms with van der Waals surface area (Å²) >= 11 is 0. The highest BCUT2D eigenvalue weighted by molar-refractivity contribution is 5.76. The fourth-order valence-electron chi connectivity index (χ4n) is 2.90. The van der Waals surface area contributed by atoms with E-state index in [0.29, 0.717) is 42.5 Å². The summed E-state index contributed by atoms with van der Waals surface area (Å²) in [4.78, 5) is 16.0. The van der Waals surface area contributed by atoms with Gasteiger partial charge in [0.2, 0.25) is 5.91 Å². The van der Waals surface area contributed by atoms with Crippen molar-refractivity contribution >= 4 is 5.91 Å². The van der Waals surface area contributed by atoms with Crippen LogP contribution in [0.1, 0.15) is 25.2 Å². The summed E-state index contributed by atoms with van der Waals surface area (Å²) in [6.07, 6.45) is 4.42. The molecule has 6 heteroatoms. The summed E-state index contributed by atoms with van der Waals surface area (Å²) in [6, 6.07) is 6.39. The van der Waals surface area contributed by atoms with Gasteiger partial charge >= 0.3 is 0 Å². The normalized spacial score (nSPS) is 17.1. The van der Waals surface area contributed by atoms with Crippen LogP contribution < -0.4 is 10.6 Å². The monoisotopic (exact) mass is 331 g/mol. The number of rotatable bonds is 7. The molecule has 1 unspecified atom stereocenters. The van der Waals surface area contributed by atoms with E-state index in [-0.39, 0.29) is 11.7 Å². The second-order valence-corrected chi connectivity index (χ2v) is 6.10. The molecular weight excluding hydrogens is 309 g/mol. The zero-order valence-electron chi connectivity index (χ0n) is 13.6. The molecule has 24 heavy (non-hydrogen) atoms. The van der Waals surface area contributed by atoms with Gasteiger partial charge in [-0.05, 0) is 44.0 Å². The van der Waals surface area contributed by atoms with Gasteiger partial charge in [0.15, 0.2) is 11.7 Å². The highest BCUT2D eigenvalue weighted by Crippen LogP contribution is 2.23. The number of hydrogen-bond donors (Lipinski definition) is 2. The average Bonchev–Trinajstić information content (AvgIpc) is 3.25. The van der Waals surface area contributed by atoms with Crippen molar-refractivity contribution in [3.05, 3.63) is 42.2 Å². The summed E-state index contributed by atoms with van der Waals surface area (Å²) in [5.41, 5.74) is 0.380. The Bertz CT molecular complexity index is 680. The Labute approximate surface area is 140 Å². The minimum Gasteiger partial charge on any atom is -0.441 e. The Morgan fingerprint density at radius 3 is 3.08 bits per heavy atom. The van der Waals surface area contributed by atoms with Gasteiger partial charge in [0.1, 0.15) is 5.82 Å². The van der Waals surface area contributed by atoms with Gasteiger partial charge in [0, 0.05) is 19.4 Å². The third kappa shape index (κ3) is 4.41. The maximum Gasteiger partial charge on any atom is 0.220 e.